The second-order valence-corrected chi connectivity index (χ2v) is 7.61. The number of carbonyl (C=O) groups excluding carboxylic acids is 1. The Kier molecular flexibility index (Phi) is 3.04. The molecule has 4 nitrogen and oxygen atoms in total. The first-order valence-corrected chi connectivity index (χ1v) is 7.59. The molecule has 0 aromatic carbocycles. The van der Waals surface area contributed by atoms with Crippen molar-refractivity contribution in [2.24, 2.45) is 11.3 Å². The first-order chi connectivity index (χ1) is 8.88. The van der Waals surface area contributed by atoms with Crippen LogP contribution in [0.4, 0.5) is 4.79 Å². The van der Waals surface area contributed by atoms with E-state index in [-0.39, 0.29) is 6.09 Å². The zero-order chi connectivity index (χ0) is 13.7. The minimum absolute atomic E-state index is 0.129. The molecule has 3 heterocycles. The van der Waals surface area contributed by atoms with Crippen molar-refractivity contribution < 1.29 is 9.53 Å². The van der Waals surface area contributed by atoms with Gasteiger partial charge in [-0.3, -0.25) is 0 Å². The van der Waals surface area contributed by atoms with E-state index >= 15 is 0 Å². The van der Waals surface area contributed by atoms with E-state index in [1.54, 1.807) is 0 Å². The van der Waals surface area contributed by atoms with Gasteiger partial charge >= 0.3 is 6.09 Å². The molecule has 4 heteroatoms. The van der Waals surface area contributed by atoms with Crippen molar-refractivity contribution in [3.8, 4) is 0 Å². The maximum Gasteiger partial charge on any atom is 0.410 e. The number of nitrogens with zero attached hydrogens (tertiary/aromatic N) is 1. The van der Waals surface area contributed by atoms with Crippen molar-refractivity contribution in [2.75, 3.05) is 19.6 Å². The van der Waals surface area contributed by atoms with Gasteiger partial charge in [-0.25, -0.2) is 4.79 Å². The molecule has 0 aromatic rings. The van der Waals surface area contributed by atoms with Gasteiger partial charge in [-0.05, 0) is 57.8 Å². The van der Waals surface area contributed by atoms with Gasteiger partial charge in [-0.15, -0.1) is 0 Å². The molecular formula is C15H26N2O2. The van der Waals surface area contributed by atoms with Crippen LogP contribution in [0, 0.1) is 11.3 Å². The standard InChI is InChI=1S/C15H26N2O2/c1-14(2,3)19-13(18)17-6-4-5-11(9-17)15-7-12(8-15)16-10-15/h11-12,16H,4-10H2,1-3H3. The van der Waals surface area contributed by atoms with Crippen LogP contribution in [0.3, 0.4) is 0 Å². The third-order valence-corrected chi connectivity index (χ3v) is 4.99. The summed E-state index contributed by atoms with van der Waals surface area (Å²) in [6, 6.07) is 0.761. The van der Waals surface area contributed by atoms with Gasteiger partial charge in [0.2, 0.25) is 0 Å². The summed E-state index contributed by atoms with van der Waals surface area (Å²) in [4.78, 5) is 14.1. The van der Waals surface area contributed by atoms with Gasteiger partial charge in [0, 0.05) is 25.7 Å². The fraction of sp³-hybridized carbons (Fsp3) is 0.933. The van der Waals surface area contributed by atoms with Crippen LogP contribution in [0.5, 0.6) is 0 Å². The van der Waals surface area contributed by atoms with Crippen LogP contribution in [0.15, 0.2) is 0 Å². The molecule has 19 heavy (non-hydrogen) atoms. The quantitative estimate of drug-likeness (QED) is 0.792. The zero-order valence-corrected chi connectivity index (χ0v) is 12.4. The molecule has 1 amide bonds. The van der Waals surface area contributed by atoms with Gasteiger partial charge in [0.1, 0.15) is 5.60 Å². The Morgan fingerprint density at radius 3 is 2.68 bits per heavy atom. The molecular weight excluding hydrogens is 240 g/mol. The highest BCUT2D eigenvalue weighted by Crippen LogP contribution is 2.53. The van der Waals surface area contributed by atoms with E-state index < -0.39 is 5.60 Å². The van der Waals surface area contributed by atoms with Crippen molar-refractivity contribution in [1.29, 1.82) is 0 Å². The summed E-state index contributed by atoms with van der Waals surface area (Å²) in [7, 11) is 0. The Labute approximate surface area is 115 Å². The zero-order valence-electron chi connectivity index (χ0n) is 12.4. The SMILES string of the molecule is CC(C)(C)OC(=O)N1CCCC(C23CNC(C2)C3)C1. The van der Waals surface area contributed by atoms with E-state index in [2.05, 4.69) is 5.32 Å². The summed E-state index contributed by atoms with van der Waals surface area (Å²) in [5.74, 6) is 0.667. The molecule has 1 N–H and O–H groups in total. The summed E-state index contributed by atoms with van der Waals surface area (Å²) < 4.78 is 5.51. The lowest BCUT2D eigenvalue weighted by Crippen LogP contribution is -2.50. The monoisotopic (exact) mass is 266 g/mol. The van der Waals surface area contributed by atoms with Crippen molar-refractivity contribution in [2.45, 2.75) is 58.1 Å². The van der Waals surface area contributed by atoms with Gasteiger partial charge in [0.15, 0.2) is 0 Å². The topological polar surface area (TPSA) is 41.6 Å². The number of rotatable bonds is 1. The molecule has 4 fully saturated rings. The number of hydrogen-bond donors (Lipinski definition) is 1. The van der Waals surface area contributed by atoms with E-state index in [4.69, 9.17) is 4.74 Å². The van der Waals surface area contributed by atoms with Crippen molar-refractivity contribution >= 4 is 6.09 Å². The molecule has 108 valence electrons. The van der Waals surface area contributed by atoms with Gasteiger partial charge < -0.3 is 15.0 Å². The smallest absolute Gasteiger partial charge is 0.410 e. The Hall–Kier alpha value is -0.770. The predicted octanol–water partition coefficient (Wildman–Crippen LogP) is 2.39. The van der Waals surface area contributed by atoms with E-state index in [1.807, 2.05) is 25.7 Å². The first kappa shape index (κ1) is 13.2. The van der Waals surface area contributed by atoms with Gasteiger partial charge in [0.25, 0.3) is 0 Å². The van der Waals surface area contributed by atoms with E-state index in [9.17, 15) is 4.79 Å². The second kappa shape index (κ2) is 4.37. The number of fused-ring (bicyclic) bond motifs is 1. The summed E-state index contributed by atoms with van der Waals surface area (Å²) in [5.41, 5.74) is 0.101. The minimum atomic E-state index is -0.390. The predicted molar refractivity (Wildman–Crippen MR) is 74.0 cm³/mol. The Balaban J connectivity index is 1.60. The molecule has 1 saturated carbocycles. The molecule has 4 rings (SSSR count). The Morgan fingerprint density at radius 2 is 2.11 bits per heavy atom. The van der Waals surface area contributed by atoms with Crippen LogP contribution in [0.25, 0.3) is 0 Å². The number of hydrogen-bond acceptors (Lipinski definition) is 3. The lowest BCUT2D eigenvalue weighted by atomic mass is 9.60. The average Bonchev–Trinajstić information content (AvgIpc) is 2.86. The molecule has 0 spiro atoms. The maximum atomic E-state index is 12.2. The van der Waals surface area contributed by atoms with E-state index in [0.717, 1.165) is 32.1 Å². The molecule has 1 unspecified atom stereocenters. The minimum Gasteiger partial charge on any atom is -0.444 e. The highest BCUT2D eigenvalue weighted by Gasteiger charge is 2.55. The lowest BCUT2D eigenvalue weighted by Gasteiger charge is -2.47. The lowest BCUT2D eigenvalue weighted by molar-refractivity contribution is -0.00403. The third kappa shape index (κ3) is 2.47. The number of nitrogens with one attached hydrogen (secondary N) is 1. The molecule has 2 bridgehead atoms. The average molecular weight is 266 g/mol. The Morgan fingerprint density at radius 1 is 1.37 bits per heavy atom. The molecule has 3 aliphatic heterocycles. The Bertz CT molecular complexity index is 363. The molecule has 4 aliphatic rings. The molecule has 0 radical (unpaired) electrons. The summed E-state index contributed by atoms with van der Waals surface area (Å²) >= 11 is 0. The second-order valence-electron chi connectivity index (χ2n) is 7.61. The van der Waals surface area contributed by atoms with Crippen LogP contribution in [-0.4, -0.2) is 42.3 Å². The summed E-state index contributed by atoms with van der Waals surface area (Å²) in [5, 5.41) is 3.58. The molecule has 3 saturated heterocycles. The fourth-order valence-electron chi connectivity index (χ4n) is 4.00. The van der Waals surface area contributed by atoms with Crippen LogP contribution in [-0.2, 0) is 4.74 Å². The molecule has 1 aliphatic carbocycles. The number of ether oxygens (including phenoxy) is 1. The van der Waals surface area contributed by atoms with E-state index in [1.165, 1.54) is 19.3 Å². The molecule has 1 atom stereocenters. The highest BCUT2D eigenvalue weighted by atomic mass is 16.6. The van der Waals surface area contributed by atoms with Gasteiger partial charge in [-0.1, -0.05) is 0 Å². The summed E-state index contributed by atoms with van der Waals surface area (Å²) in [6.07, 6.45) is 4.90. The van der Waals surface area contributed by atoms with Crippen molar-refractivity contribution in [3.05, 3.63) is 0 Å². The summed E-state index contributed by atoms with van der Waals surface area (Å²) in [6.45, 7) is 8.71. The number of amides is 1. The fourth-order valence-corrected chi connectivity index (χ4v) is 4.00. The van der Waals surface area contributed by atoms with E-state index in [0.29, 0.717) is 11.3 Å². The van der Waals surface area contributed by atoms with Crippen LogP contribution < -0.4 is 5.32 Å². The number of piperidine rings is 1. The highest BCUT2D eigenvalue weighted by molar-refractivity contribution is 5.68. The van der Waals surface area contributed by atoms with Crippen molar-refractivity contribution in [1.82, 2.24) is 10.2 Å². The normalized spacial score (nSPS) is 37.9. The maximum absolute atomic E-state index is 12.2. The van der Waals surface area contributed by atoms with Crippen LogP contribution in [0.1, 0.15) is 46.5 Å². The number of carbonyl (C=O) groups is 1. The molecule has 0 aromatic heterocycles. The largest absolute Gasteiger partial charge is 0.444 e. The van der Waals surface area contributed by atoms with Gasteiger partial charge in [0.05, 0.1) is 0 Å². The van der Waals surface area contributed by atoms with Crippen LogP contribution >= 0.6 is 0 Å². The van der Waals surface area contributed by atoms with Crippen molar-refractivity contribution in [3.63, 3.8) is 0 Å². The van der Waals surface area contributed by atoms with Crippen LogP contribution in [0.2, 0.25) is 0 Å². The van der Waals surface area contributed by atoms with Gasteiger partial charge in [-0.2, -0.15) is 0 Å². The third-order valence-electron chi connectivity index (χ3n) is 4.99. The first-order valence-electron chi connectivity index (χ1n) is 7.59. The number of likely N-dealkylation sites (tertiary alicyclic amines) is 1.